The van der Waals surface area contributed by atoms with E-state index in [1.807, 2.05) is 6.20 Å². The average molecular weight is 613 g/mol. The summed E-state index contributed by atoms with van der Waals surface area (Å²) < 4.78 is 6.94. The smallest absolute Gasteiger partial charge is 0.143 e. The molecule has 0 N–H and O–H groups in total. The molecule has 2 aromatic heterocycles. The van der Waals surface area contributed by atoms with Gasteiger partial charge >= 0.3 is 0 Å². The molecule has 0 fully saturated rings. The molecule has 3 nitrogen and oxygen atoms in total. The molecule has 8 aromatic carbocycles. The molecule has 224 valence electrons. The maximum Gasteiger partial charge on any atom is 0.143 e. The van der Waals surface area contributed by atoms with E-state index >= 15 is 0 Å². The van der Waals surface area contributed by atoms with E-state index in [4.69, 9.17) is 14.4 Å². The van der Waals surface area contributed by atoms with Gasteiger partial charge in [-0.15, -0.1) is 0 Å². The van der Waals surface area contributed by atoms with Gasteiger partial charge in [-0.05, 0) is 51.7 Å². The van der Waals surface area contributed by atoms with Gasteiger partial charge in [-0.25, -0.2) is 4.98 Å². The summed E-state index contributed by atoms with van der Waals surface area (Å²) in [6.45, 7) is 2.13. The number of benzene rings is 8. The highest BCUT2D eigenvalue weighted by Gasteiger charge is 2.19. The monoisotopic (exact) mass is 612 g/mol. The van der Waals surface area contributed by atoms with Crippen molar-refractivity contribution in [3.8, 4) is 33.5 Å². The third kappa shape index (κ3) is 4.01. The quantitative estimate of drug-likeness (QED) is 0.186. The first-order valence-corrected chi connectivity index (χ1v) is 16.3. The minimum absolute atomic E-state index is 0.842. The summed E-state index contributed by atoms with van der Waals surface area (Å²) in [5, 5.41) is 9.27. The number of para-hydroxylation sites is 1. The molecule has 48 heavy (non-hydrogen) atoms. The molecule has 0 atom stereocenters. The Labute approximate surface area is 276 Å². The average Bonchev–Trinajstić information content (AvgIpc) is 3.55. The van der Waals surface area contributed by atoms with Crippen molar-refractivity contribution < 1.29 is 4.42 Å². The summed E-state index contributed by atoms with van der Waals surface area (Å²) in [6, 6.07) is 51.5. The van der Waals surface area contributed by atoms with E-state index < -0.39 is 0 Å². The topological polar surface area (TPSA) is 38.9 Å². The molecule has 0 spiro atoms. The zero-order valence-electron chi connectivity index (χ0n) is 26.2. The highest BCUT2D eigenvalue weighted by atomic mass is 16.3. The normalized spacial score (nSPS) is 11.9. The van der Waals surface area contributed by atoms with Crippen LogP contribution in [-0.2, 0) is 0 Å². The van der Waals surface area contributed by atoms with Gasteiger partial charge in [0.05, 0.1) is 22.9 Å². The molecule has 0 aliphatic heterocycles. The summed E-state index contributed by atoms with van der Waals surface area (Å²) >= 11 is 0. The number of fused-ring (bicyclic) bond motifs is 11. The fraction of sp³-hybridized carbons (Fsp3) is 0.0222. The zero-order chi connectivity index (χ0) is 31.8. The summed E-state index contributed by atoms with van der Waals surface area (Å²) in [7, 11) is 0. The molecule has 0 radical (unpaired) electrons. The molecule has 0 aliphatic carbocycles. The first-order chi connectivity index (χ1) is 23.7. The third-order valence-electron chi connectivity index (χ3n) is 9.72. The van der Waals surface area contributed by atoms with Crippen molar-refractivity contribution in [3.05, 3.63) is 157 Å². The van der Waals surface area contributed by atoms with Crippen LogP contribution in [0.3, 0.4) is 0 Å². The van der Waals surface area contributed by atoms with Crippen molar-refractivity contribution >= 4 is 65.3 Å². The number of hydrogen-bond acceptors (Lipinski definition) is 3. The number of aryl methyl sites for hydroxylation is 1. The molecular formula is C45H28N2O. The number of aromatic nitrogens is 2. The van der Waals surface area contributed by atoms with Gasteiger partial charge in [-0.2, -0.15) is 0 Å². The van der Waals surface area contributed by atoms with Crippen LogP contribution in [-0.4, -0.2) is 9.97 Å². The predicted molar refractivity (Wildman–Crippen MR) is 200 cm³/mol. The Morgan fingerprint density at radius 1 is 0.458 bits per heavy atom. The second-order valence-electron chi connectivity index (χ2n) is 12.6. The predicted octanol–water partition coefficient (Wildman–Crippen LogP) is 12.3. The van der Waals surface area contributed by atoms with Crippen LogP contribution in [0.4, 0.5) is 0 Å². The van der Waals surface area contributed by atoms with Gasteiger partial charge in [0.2, 0.25) is 0 Å². The molecule has 3 heteroatoms. The van der Waals surface area contributed by atoms with E-state index in [1.165, 1.54) is 27.1 Å². The van der Waals surface area contributed by atoms with Crippen molar-refractivity contribution in [1.82, 2.24) is 9.97 Å². The maximum atomic E-state index is 6.94. The van der Waals surface area contributed by atoms with Crippen molar-refractivity contribution in [1.29, 1.82) is 0 Å². The van der Waals surface area contributed by atoms with Crippen LogP contribution in [0.1, 0.15) is 5.56 Å². The lowest BCUT2D eigenvalue weighted by atomic mass is 9.94. The van der Waals surface area contributed by atoms with E-state index in [9.17, 15) is 0 Å². The molecule has 10 aromatic rings. The van der Waals surface area contributed by atoms with Crippen LogP contribution >= 0.6 is 0 Å². The Hall–Kier alpha value is -6.32. The van der Waals surface area contributed by atoms with Crippen LogP contribution in [0.5, 0.6) is 0 Å². The van der Waals surface area contributed by atoms with Crippen molar-refractivity contribution in [2.45, 2.75) is 6.92 Å². The van der Waals surface area contributed by atoms with E-state index in [0.717, 1.165) is 77.3 Å². The molecule has 0 amide bonds. The Bertz CT molecular complexity index is 2880. The van der Waals surface area contributed by atoms with E-state index in [2.05, 4.69) is 153 Å². The first kappa shape index (κ1) is 26.9. The summed E-state index contributed by atoms with van der Waals surface area (Å²) in [5.41, 5.74) is 11.1. The number of nitrogens with zero attached hydrogens (tertiary/aromatic N) is 2. The molecular weight excluding hydrogens is 585 g/mol. The van der Waals surface area contributed by atoms with Crippen molar-refractivity contribution in [2.75, 3.05) is 0 Å². The largest absolute Gasteiger partial charge is 0.455 e. The second kappa shape index (κ2) is 10.3. The number of hydrogen-bond donors (Lipinski definition) is 0. The van der Waals surface area contributed by atoms with Gasteiger partial charge in [0.15, 0.2) is 0 Å². The van der Waals surface area contributed by atoms with Crippen LogP contribution in [0.2, 0.25) is 0 Å². The van der Waals surface area contributed by atoms with Crippen molar-refractivity contribution in [2.24, 2.45) is 0 Å². The molecule has 0 aliphatic rings. The fourth-order valence-electron chi connectivity index (χ4n) is 7.51. The van der Waals surface area contributed by atoms with Crippen LogP contribution < -0.4 is 0 Å². The Balaban J connectivity index is 1.19. The molecule has 0 saturated carbocycles. The Kier molecular flexibility index (Phi) is 5.79. The third-order valence-corrected chi connectivity index (χ3v) is 9.72. The standard InChI is InChI=1S/C45H28N2O/c1-27-11-8-13-28(23-27)39-25-30-12-2-3-16-32(30)41-38-22-10-21-33(44(38)48-45(39)41)29-14-9-15-31(24-29)40-26-46-42-36-19-6-4-17-34(36)35-18-5-7-20-37(35)43(42)47-40/h2-26H,1H3. The van der Waals surface area contributed by atoms with E-state index in [-0.39, 0.29) is 0 Å². The lowest BCUT2D eigenvalue weighted by molar-refractivity contribution is 0.671. The summed E-state index contributed by atoms with van der Waals surface area (Å²) in [4.78, 5) is 10.3. The minimum atomic E-state index is 0.842. The highest BCUT2D eigenvalue weighted by molar-refractivity contribution is 6.25. The van der Waals surface area contributed by atoms with Gasteiger partial charge < -0.3 is 4.42 Å². The summed E-state index contributed by atoms with van der Waals surface area (Å²) in [6.07, 6.45) is 1.91. The summed E-state index contributed by atoms with van der Waals surface area (Å²) in [5.74, 6) is 0. The van der Waals surface area contributed by atoms with Gasteiger partial charge in [-0.3, -0.25) is 4.98 Å². The number of furan rings is 1. The van der Waals surface area contributed by atoms with Crippen LogP contribution in [0.15, 0.2) is 156 Å². The lowest BCUT2D eigenvalue weighted by Crippen LogP contribution is -1.92. The number of rotatable bonds is 3. The fourth-order valence-corrected chi connectivity index (χ4v) is 7.51. The highest BCUT2D eigenvalue weighted by Crippen LogP contribution is 2.44. The molecule has 0 bridgehead atoms. The van der Waals surface area contributed by atoms with Crippen LogP contribution in [0, 0.1) is 6.92 Å². The first-order valence-electron chi connectivity index (χ1n) is 16.3. The van der Waals surface area contributed by atoms with Gasteiger partial charge in [-0.1, -0.05) is 139 Å². The Morgan fingerprint density at radius 2 is 1.08 bits per heavy atom. The molecule has 2 heterocycles. The van der Waals surface area contributed by atoms with E-state index in [1.54, 1.807) is 0 Å². The van der Waals surface area contributed by atoms with Gasteiger partial charge in [0, 0.05) is 38.2 Å². The molecule has 10 rings (SSSR count). The SMILES string of the molecule is Cc1cccc(-c2cc3ccccc3c3c2oc2c(-c4cccc(-c5cnc6c7ccccc7c7ccccc7c6n5)c4)cccc23)c1. The minimum Gasteiger partial charge on any atom is -0.455 e. The van der Waals surface area contributed by atoms with E-state index in [0.29, 0.717) is 0 Å². The van der Waals surface area contributed by atoms with Gasteiger partial charge in [0.1, 0.15) is 11.2 Å². The maximum absolute atomic E-state index is 6.94. The Morgan fingerprint density at radius 3 is 1.88 bits per heavy atom. The van der Waals surface area contributed by atoms with Crippen LogP contribution in [0.25, 0.3) is 98.8 Å². The second-order valence-corrected chi connectivity index (χ2v) is 12.6. The lowest BCUT2D eigenvalue weighted by Gasteiger charge is -2.11. The van der Waals surface area contributed by atoms with Crippen molar-refractivity contribution in [3.63, 3.8) is 0 Å². The molecule has 0 unspecified atom stereocenters. The zero-order valence-corrected chi connectivity index (χ0v) is 26.2. The molecule has 0 saturated heterocycles. The van der Waals surface area contributed by atoms with Gasteiger partial charge in [0.25, 0.3) is 0 Å².